The zero-order valence-corrected chi connectivity index (χ0v) is 18.0. The van der Waals surface area contributed by atoms with E-state index >= 15 is 0 Å². The molecule has 0 bridgehead atoms. The van der Waals surface area contributed by atoms with E-state index in [1.807, 2.05) is 0 Å². The van der Waals surface area contributed by atoms with Crippen molar-refractivity contribution in [1.82, 2.24) is 5.32 Å². The third-order valence-corrected chi connectivity index (χ3v) is 5.15. The first-order valence-electron chi connectivity index (χ1n) is 11.5. The van der Waals surface area contributed by atoms with Gasteiger partial charge in [-0.3, -0.25) is 9.59 Å². The van der Waals surface area contributed by atoms with Crippen molar-refractivity contribution in [1.29, 1.82) is 0 Å². The van der Waals surface area contributed by atoms with Gasteiger partial charge in [-0.1, -0.05) is 77.0 Å². The molecule has 0 spiro atoms. The van der Waals surface area contributed by atoms with Crippen molar-refractivity contribution in [2.24, 2.45) is 0 Å². The number of carboxylic acid groups (broad SMARTS) is 1. The summed E-state index contributed by atoms with van der Waals surface area (Å²) < 4.78 is 0. The van der Waals surface area contributed by atoms with E-state index in [1.165, 1.54) is 51.4 Å². The van der Waals surface area contributed by atoms with Gasteiger partial charge in [-0.15, -0.1) is 0 Å². The van der Waals surface area contributed by atoms with Crippen LogP contribution in [-0.4, -0.2) is 35.6 Å². The second-order valence-corrected chi connectivity index (χ2v) is 7.90. The first-order valence-corrected chi connectivity index (χ1v) is 11.5. The molecule has 0 heterocycles. The fourth-order valence-electron chi connectivity index (χ4n) is 3.38. The topological polar surface area (TPSA) is 101 Å². The molecule has 0 aromatic rings. The predicted octanol–water partition coefficient (Wildman–Crippen LogP) is 4.98. The Bertz CT molecular complexity index is 439. The van der Waals surface area contributed by atoms with Crippen LogP contribution in [0.15, 0.2) is 0 Å². The van der Waals surface area contributed by atoms with Gasteiger partial charge in [0.1, 0.15) is 12.6 Å². The summed E-state index contributed by atoms with van der Waals surface area (Å²) in [6.45, 7) is 0. The first-order chi connectivity index (χ1) is 14.1. The van der Waals surface area contributed by atoms with E-state index in [9.17, 15) is 19.2 Å². The van der Waals surface area contributed by atoms with Crippen LogP contribution >= 0.6 is 0 Å². The van der Waals surface area contributed by atoms with Gasteiger partial charge in [-0.25, -0.2) is 0 Å². The highest BCUT2D eigenvalue weighted by atomic mass is 16.4. The van der Waals surface area contributed by atoms with Gasteiger partial charge in [-0.2, -0.15) is 0 Å². The lowest BCUT2D eigenvalue weighted by Crippen LogP contribution is -2.35. The number of aldehydes is 2. The Balaban J connectivity index is 3.29. The van der Waals surface area contributed by atoms with Crippen molar-refractivity contribution in [2.45, 2.75) is 122 Å². The van der Waals surface area contributed by atoms with Crippen LogP contribution in [0.3, 0.4) is 0 Å². The Labute approximate surface area is 176 Å². The molecule has 0 aromatic heterocycles. The van der Waals surface area contributed by atoms with E-state index in [1.54, 1.807) is 0 Å². The molecule has 2 N–H and O–H groups in total. The fraction of sp³-hybridized carbons (Fsp3) is 0.826. The molecule has 0 aliphatic rings. The Hall–Kier alpha value is -1.72. The first kappa shape index (κ1) is 27.3. The Kier molecular flexibility index (Phi) is 19.8. The zero-order valence-electron chi connectivity index (χ0n) is 18.0. The van der Waals surface area contributed by atoms with E-state index in [2.05, 4.69) is 5.32 Å². The number of rotatable bonds is 22. The summed E-state index contributed by atoms with van der Waals surface area (Å²) in [7, 11) is 0. The van der Waals surface area contributed by atoms with Gasteiger partial charge in [-0.05, 0) is 19.3 Å². The molecule has 0 aliphatic heterocycles. The number of carbonyl (C=O) groups excluding carboxylic acids is 3. The van der Waals surface area contributed by atoms with Crippen molar-refractivity contribution < 1.29 is 24.3 Å². The van der Waals surface area contributed by atoms with Gasteiger partial charge < -0.3 is 20.0 Å². The minimum atomic E-state index is -0.689. The Morgan fingerprint density at radius 2 is 1.10 bits per heavy atom. The number of carboxylic acids is 1. The van der Waals surface area contributed by atoms with Crippen LogP contribution in [-0.2, 0) is 19.2 Å². The molecule has 6 heteroatoms. The summed E-state index contributed by atoms with van der Waals surface area (Å²) >= 11 is 0. The molecule has 0 aliphatic carbocycles. The van der Waals surface area contributed by atoms with Crippen molar-refractivity contribution in [3.63, 3.8) is 0 Å². The van der Waals surface area contributed by atoms with Crippen LogP contribution < -0.4 is 5.32 Å². The molecule has 1 atom stereocenters. The normalized spacial score (nSPS) is 11.7. The molecule has 29 heavy (non-hydrogen) atoms. The molecule has 0 rings (SSSR count). The van der Waals surface area contributed by atoms with Gasteiger partial charge >= 0.3 is 5.97 Å². The molecule has 0 radical (unpaired) electrons. The van der Waals surface area contributed by atoms with Crippen molar-refractivity contribution in [3.8, 4) is 0 Å². The number of carbonyl (C=O) groups is 4. The van der Waals surface area contributed by atoms with Gasteiger partial charge in [0.25, 0.3) is 0 Å². The largest absolute Gasteiger partial charge is 0.481 e. The molecule has 1 unspecified atom stereocenters. The molecule has 0 aromatic carbocycles. The van der Waals surface area contributed by atoms with Crippen LogP contribution in [0, 0.1) is 0 Å². The lowest BCUT2D eigenvalue weighted by atomic mass is 10.0. The molecule has 168 valence electrons. The van der Waals surface area contributed by atoms with Gasteiger partial charge in [0.15, 0.2) is 0 Å². The second-order valence-electron chi connectivity index (χ2n) is 7.90. The van der Waals surface area contributed by atoms with Crippen molar-refractivity contribution >= 4 is 24.4 Å². The summed E-state index contributed by atoms with van der Waals surface area (Å²) in [5.74, 6) is -0.791. The van der Waals surface area contributed by atoms with Gasteiger partial charge in [0.05, 0.1) is 6.04 Å². The van der Waals surface area contributed by atoms with Crippen LogP contribution in [0.2, 0.25) is 0 Å². The van der Waals surface area contributed by atoms with E-state index in [-0.39, 0.29) is 12.3 Å². The molecular formula is C23H41NO5. The highest BCUT2D eigenvalue weighted by molar-refractivity contribution is 5.79. The van der Waals surface area contributed by atoms with Gasteiger partial charge in [0, 0.05) is 19.3 Å². The summed E-state index contributed by atoms with van der Waals surface area (Å²) in [5.41, 5.74) is 0. The van der Waals surface area contributed by atoms with E-state index in [0.29, 0.717) is 25.5 Å². The van der Waals surface area contributed by atoms with E-state index in [0.717, 1.165) is 44.8 Å². The van der Waals surface area contributed by atoms with Crippen LogP contribution in [0.1, 0.15) is 116 Å². The van der Waals surface area contributed by atoms with Crippen molar-refractivity contribution in [2.75, 3.05) is 0 Å². The average Bonchev–Trinajstić information content (AvgIpc) is 2.70. The second kappa shape index (κ2) is 21.0. The standard InChI is InChI=1S/C23H41NO5/c25-19-15-16-21(20-26)24-22(27)17-13-11-9-7-5-3-1-2-4-6-8-10-12-14-18-23(28)29/h19-21H,1-18H2,(H,24,27)(H,28,29). The van der Waals surface area contributed by atoms with E-state index in [4.69, 9.17) is 5.11 Å². The minimum Gasteiger partial charge on any atom is -0.481 e. The third-order valence-electron chi connectivity index (χ3n) is 5.15. The van der Waals surface area contributed by atoms with Crippen molar-refractivity contribution in [3.05, 3.63) is 0 Å². The van der Waals surface area contributed by atoms with Crippen LogP contribution in [0.4, 0.5) is 0 Å². The lowest BCUT2D eigenvalue weighted by Gasteiger charge is -2.11. The Morgan fingerprint density at radius 1 is 0.690 bits per heavy atom. The monoisotopic (exact) mass is 411 g/mol. The highest BCUT2D eigenvalue weighted by Gasteiger charge is 2.10. The SMILES string of the molecule is O=CCCC(C=O)NC(=O)CCCCCCCCCCCCCCCCC(=O)O. The van der Waals surface area contributed by atoms with E-state index < -0.39 is 12.0 Å². The number of amides is 1. The number of hydrogen-bond acceptors (Lipinski definition) is 4. The third kappa shape index (κ3) is 20.8. The molecule has 1 amide bonds. The smallest absolute Gasteiger partial charge is 0.303 e. The quantitative estimate of drug-likeness (QED) is 0.193. The number of unbranched alkanes of at least 4 members (excludes halogenated alkanes) is 13. The minimum absolute atomic E-state index is 0.102. The summed E-state index contributed by atoms with van der Waals surface area (Å²) in [6, 6.07) is -0.537. The number of nitrogens with one attached hydrogen (secondary N) is 1. The fourth-order valence-corrected chi connectivity index (χ4v) is 3.38. The number of hydrogen-bond donors (Lipinski definition) is 2. The predicted molar refractivity (Wildman–Crippen MR) is 115 cm³/mol. The highest BCUT2D eigenvalue weighted by Crippen LogP contribution is 2.13. The molecule has 6 nitrogen and oxygen atoms in total. The molecule has 0 saturated carbocycles. The zero-order chi connectivity index (χ0) is 21.6. The maximum Gasteiger partial charge on any atom is 0.303 e. The number of aliphatic carboxylic acids is 1. The Morgan fingerprint density at radius 3 is 1.48 bits per heavy atom. The summed E-state index contributed by atoms with van der Waals surface area (Å²) in [6.07, 6.45) is 19.0. The molecule has 0 saturated heterocycles. The maximum atomic E-state index is 11.8. The average molecular weight is 412 g/mol. The summed E-state index contributed by atoms with van der Waals surface area (Å²) in [5, 5.41) is 11.2. The lowest BCUT2D eigenvalue weighted by molar-refractivity contribution is -0.137. The van der Waals surface area contributed by atoms with Crippen LogP contribution in [0.5, 0.6) is 0 Å². The van der Waals surface area contributed by atoms with Crippen LogP contribution in [0.25, 0.3) is 0 Å². The summed E-state index contributed by atoms with van der Waals surface area (Å²) in [4.78, 5) is 43.3. The maximum absolute atomic E-state index is 11.8. The molecule has 0 fully saturated rings. The molecular weight excluding hydrogens is 370 g/mol. The van der Waals surface area contributed by atoms with Gasteiger partial charge in [0.2, 0.25) is 5.91 Å².